The Balaban J connectivity index is 2.24. The predicted octanol–water partition coefficient (Wildman–Crippen LogP) is 3.09. The maximum atomic E-state index is 4.84. The van der Waals surface area contributed by atoms with Crippen LogP contribution < -0.4 is 5.32 Å². The Morgan fingerprint density at radius 1 is 1.33 bits per heavy atom. The molecule has 0 amide bonds. The maximum absolute atomic E-state index is 4.84. The smallest absolute Gasteiger partial charge is 0.0672 e. The normalized spacial score (nSPS) is 17.1. The lowest BCUT2D eigenvalue weighted by Gasteiger charge is -2.13. The molecule has 1 fully saturated rings. The third-order valence-corrected chi connectivity index (χ3v) is 4.16. The highest BCUT2D eigenvalue weighted by molar-refractivity contribution is 5.30. The molecule has 1 aromatic rings. The molecule has 1 aliphatic rings. The minimum absolute atomic E-state index is 0.407. The molecule has 1 N–H and O–H groups in total. The second-order valence-corrected chi connectivity index (χ2v) is 5.48. The van der Waals surface area contributed by atoms with E-state index in [0.717, 1.165) is 25.3 Å². The largest absolute Gasteiger partial charge is 0.313 e. The fourth-order valence-electron chi connectivity index (χ4n) is 2.74. The molecule has 1 unspecified atom stereocenters. The lowest BCUT2D eigenvalue weighted by Crippen LogP contribution is -2.15. The summed E-state index contributed by atoms with van der Waals surface area (Å²) in [7, 11) is 2.03. The highest BCUT2D eigenvalue weighted by atomic mass is 15.3. The summed E-state index contributed by atoms with van der Waals surface area (Å²) in [6.07, 6.45) is 6.29. The van der Waals surface area contributed by atoms with Gasteiger partial charge < -0.3 is 5.32 Å². The van der Waals surface area contributed by atoms with Crippen LogP contribution in [0, 0.1) is 5.92 Å². The van der Waals surface area contributed by atoms with E-state index in [4.69, 9.17) is 5.10 Å². The number of aryl methyl sites for hydroxylation is 2. The van der Waals surface area contributed by atoms with Crippen LogP contribution >= 0.6 is 0 Å². The number of rotatable bonds is 7. The molecule has 102 valence electrons. The quantitative estimate of drug-likeness (QED) is 0.805. The van der Waals surface area contributed by atoms with Crippen molar-refractivity contribution in [2.45, 2.75) is 65.5 Å². The van der Waals surface area contributed by atoms with Crippen LogP contribution in [0.3, 0.4) is 0 Å². The minimum atomic E-state index is 0.407. The molecule has 1 aliphatic carbocycles. The standard InChI is InChI=1S/C15H27N3/c1-5-13-15(11(3)16-4)14(6-2)18(17-13)10-9-12-7-8-12/h11-12,16H,5-10H2,1-4H3. The molecule has 1 atom stereocenters. The number of nitrogens with one attached hydrogen (secondary N) is 1. The topological polar surface area (TPSA) is 29.9 Å². The van der Waals surface area contributed by atoms with Crippen LogP contribution in [0.2, 0.25) is 0 Å². The zero-order valence-corrected chi connectivity index (χ0v) is 12.3. The monoisotopic (exact) mass is 249 g/mol. The summed E-state index contributed by atoms with van der Waals surface area (Å²) < 4.78 is 2.28. The molecule has 0 saturated heterocycles. The van der Waals surface area contributed by atoms with E-state index < -0.39 is 0 Å². The van der Waals surface area contributed by atoms with Gasteiger partial charge >= 0.3 is 0 Å². The van der Waals surface area contributed by atoms with Crippen molar-refractivity contribution in [2.24, 2.45) is 5.92 Å². The molecular formula is C15H27N3. The van der Waals surface area contributed by atoms with E-state index in [1.165, 1.54) is 36.2 Å². The molecule has 1 saturated carbocycles. The minimum Gasteiger partial charge on any atom is -0.313 e. The SMILES string of the molecule is CCc1nn(CCC2CC2)c(CC)c1C(C)NC. The molecule has 0 spiro atoms. The van der Waals surface area contributed by atoms with Crippen LogP contribution in [0.1, 0.15) is 63.0 Å². The number of nitrogens with zero attached hydrogens (tertiary/aromatic N) is 2. The molecule has 18 heavy (non-hydrogen) atoms. The molecule has 2 rings (SSSR count). The number of aromatic nitrogens is 2. The summed E-state index contributed by atoms with van der Waals surface area (Å²) in [4.78, 5) is 0. The van der Waals surface area contributed by atoms with E-state index in [9.17, 15) is 0 Å². The van der Waals surface area contributed by atoms with Crippen LogP contribution in [0.25, 0.3) is 0 Å². The van der Waals surface area contributed by atoms with Gasteiger partial charge in [0.2, 0.25) is 0 Å². The Bertz CT molecular complexity index is 391. The third-order valence-electron chi connectivity index (χ3n) is 4.16. The molecule has 3 heteroatoms. The zero-order valence-electron chi connectivity index (χ0n) is 12.3. The predicted molar refractivity (Wildman–Crippen MR) is 75.8 cm³/mol. The first-order valence-corrected chi connectivity index (χ1v) is 7.46. The van der Waals surface area contributed by atoms with E-state index in [-0.39, 0.29) is 0 Å². The van der Waals surface area contributed by atoms with Crippen molar-refractivity contribution in [3.63, 3.8) is 0 Å². The third kappa shape index (κ3) is 2.77. The first-order chi connectivity index (χ1) is 8.71. The van der Waals surface area contributed by atoms with Gasteiger partial charge in [-0.3, -0.25) is 4.68 Å². The number of hydrogen-bond donors (Lipinski definition) is 1. The van der Waals surface area contributed by atoms with Crippen molar-refractivity contribution in [2.75, 3.05) is 7.05 Å². The molecule has 1 aromatic heterocycles. The van der Waals surface area contributed by atoms with Gasteiger partial charge in [-0.05, 0) is 39.2 Å². The first kappa shape index (κ1) is 13.6. The van der Waals surface area contributed by atoms with E-state index in [2.05, 4.69) is 30.8 Å². The number of hydrogen-bond acceptors (Lipinski definition) is 2. The average Bonchev–Trinajstić information content (AvgIpc) is 3.15. The molecule has 0 aromatic carbocycles. The van der Waals surface area contributed by atoms with Crippen LogP contribution in [0.4, 0.5) is 0 Å². The van der Waals surface area contributed by atoms with Crippen LogP contribution in [-0.2, 0) is 19.4 Å². The fourth-order valence-corrected chi connectivity index (χ4v) is 2.74. The Kier molecular flexibility index (Phi) is 4.44. The fraction of sp³-hybridized carbons (Fsp3) is 0.800. The van der Waals surface area contributed by atoms with E-state index >= 15 is 0 Å². The van der Waals surface area contributed by atoms with Crippen molar-refractivity contribution in [3.05, 3.63) is 17.0 Å². The lowest BCUT2D eigenvalue weighted by atomic mass is 10.0. The van der Waals surface area contributed by atoms with Crippen molar-refractivity contribution in [1.29, 1.82) is 0 Å². The van der Waals surface area contributed by atoms with E-state index in [1.807, 2.05) is 7.05 Å². The van der Waals surface area contributed by atoms with Gasteiger partial charge in [0.15, 0.2) is 0 Å². The summed E-state index contributed by atoms with van der Waals surface area (Å²) in [5, 5.41) is 8.21. The maximum Gasteiger partial charge on any atom is 0.0672 e. The Hall–Kier alpha value is -0.830. The molecular weight excluding hydrogens is 222 g/mol. The summed E-state index contributed by atoms with van der Waals surface area (Å²) in [5.41, 5.74) is 4.16. The summed E-state index contributed by atoms with van der Waals surface area (Å²) in [5.74, 6) is 0.981. The summed E-state index contributed by atoms with van der Waals surface area (Å²) in [6.45, 7) is 7.80. The molecule has 0 bridgehead atoms. The second kappa shape index (κ2) is 5.87. The molecule has 0 aliphatic heterocycles. The van der Waals surface area contributed by atoms with E-state index in [0.29, 0.717) is 6.04 Å². The van der Waals surface area contributed by atoms with Gasteiger partial charge in [-0.25, -0.2) is 0 Å². The van der Waals surface area contributed by atoms with Crippen molar-refractivity contribution in [1.82, 2.24) is 15.1 Å². The molecule has 1 heterocycles. The molecule has 0 radical (unpaired) electrons. The van der Waals surface area contributed by atoms with Crippen LogP contribution in [0.15, 0.2) is 0 Å². The highest BCUT2D eigenvalue weighted by Crippen LogP contribution is 2.33. The molecule has 3 nitrogen and oxygen atoms in total. The Morgan fingerprint density at radius 3 is 2.56 bits per heavy atom. The summed E-state index contributed by atoms with van der Waals surface area (Å²) in [6, 6.07) is 0.407. The van der Waals surface area contributed by atoms with Gasteiger partial charge in [0.05, 0.1) is 5.69 Å². The van der Waals surface area contributed by atoms with Gasteiger partial charge in [0.1, 0.15) is 0 Å². The Labute approximate surface area is 111 Å². The van der Waals surface area contributed by atoms with E-state index in [1.54, 1.807) is 0 Å². The van der Waals surface area contributed by atoms with Crippen LogP contribution in [-0.4, -0.2) is 16.8 Å². The highest BCUT2D eigenvalue weighted by Gasteiger charge is 2.23. The second-order valence-electron chi connectivity index (χ2n) is 5.48. The van der Waals surface area contributed by atoms with Gasteiger partial charge in [0.25, 0.3) is 0 Å². The van der Waals surface area contributed by atoms with Crippen molar-refractivity contribution >= 4 is 0 Å². The van der Waals surface area contributed by atoms with Gasteiger partial charge in [0, 0.05) is 23.8 Å². The lowest BCUT2D eigenvalue weighted by molar-refractivity contribution is 0.523. The van der Waals surface area contributed by atoms with Crippen molar-refractivity contribution in [3.8, 4) is 0 Å². The van der Waals surface area contributed by atoms with Gasteiger partial charge in [-0.15, -0.1) is 0 Å². The zero-order chi connectivity index (χ0) is 13.1. The Morgan fingerprint density at radius 2 is 2.06 bits per heavy atom. The average molecular weight is 249 g/mol. The van der Waals surface area contributed by atoms with Gasteiger partial charge in [-0.2, -0.15) is 5.10 Å². The summed E-state index contributed by atoms with van der Waals surface area (Å²) >= 11 is 0. The van der Waals surface area contributed by atoms with Gasteiger partial charge in [-0.1, -0.05) is 26.7 Å². The van der Waals surface area contributed by atoms with Crippen LogP contribution in [0.5, 0.6) is 0 Å². The first-order valence-electron chi connectivity index (χ1n) is 7.46. The van der Waals surface area contributed by atoms with Crippen molar-refractivity contribution < 1.29 is 0 Å².